The van der Waals surface area contributed by atoms with E-state index < -0.39 is 0 Å². The van der Waals surface area contributed by atoms with Crippen LogP contribution in [0.5, 0.6) is 0 Å². The smallest absolute Gasteiger partial charge is 0.134 e. The van der Waals surface area contributed by atoms with Gasteiger partial charge in [0, 0.05) is 58.9 Å². The van der Waals surface area contributed by atoms with Crippen LogP contribution in [-0.2, 0) is 4.79 Å². The van der Waals surface area contributed by atoms with E-state index in [1.165, 1.54) is 0 Å². The zero-order valence-electron chi connectivity index (χ0n) is 11.9. The molecule has 0 saturated carbocycles. The van der Waals surface area contributed by atoms with Crippen molar-refractivity contribution >= 4 is 52.8 Å². The maximum absolute atomic E-state index is 11.6. The molecule has 0 saturated heterocycles. The van der Waals surface area contributed by atoms with E-state index in [4.69, 9.17) is 10.2 Å². The van der Waals surface area contributed by atoms with Crippen molar-refractivity contribution in [1.29, 1.82) is 0 Å². The largest absolute Gasteiger partial charge is 0.396 e. The average molecular weight is 359 g/mol. The van der Waals surface area contributed by atoms with E-state index in [9.17, 15) is 4.79 Å². The molecule has 0 radical (unpaired) electrons. The van der Waals surface area contributed by atoms with Gasteiger partial charge in [-0.15, -0.1) is 0 Å². The first-order chi connectivity index (χ1) is 9.81. The van der Waals surface area contributed by atoms with Gasteiger partial charge in [-0.05, 0) is 0 Å². The molecule has 0 unspecified atom stereocenters. The van der Waals surface area contributed by atoms with E-state index in [0.717, 1.165) is 46.0 Å². The minimum atomic E-state index is 0.254. The van der Waals surface area contributed by atoms with Crippen LogP contribution in [0.4, 0.5) is 0 Å². The molecule has 120 valence electrons. The third-order valence-electron chi connectivity index (χ3n) is 2.27. The van der Waals surface area contributed by atoms with Gasteiger partial charge in [0.2, 0.25) is 0 Å². The highest BCUT2D eigenvalue weighted by atomic mass is 32.2. The Morgan fingerprint density at radius 3 is 1.30 bits per heavy atom. The van der Waals surface area contributed by atoms with Crippen LogP contribution in [-0.4, -0.2) is 75.2 Å². The molecule has 0 atom stereocenters. The lowest BCUT2D eigenvalue weighted by Crippen LogP contribution is -2.02. The molecule has 0 rings (SSSR count). The highest BCUT2D eigenvalue weighted by Crippen LogP contribution is 2.11. The maximum atomic E-state index is 11.6. The Balaban J connectivity index is 3.13. The van der Waals surface area contributed by atoms with Crippen molar-refractivity contribution in [3.05, 3.63) is 0 Å². The molecule has 0 aromatic rings. The predicted octanol–water partition coefficient (Wildman–Crippen LogP) is 2.25. The van der Waals surface area contributed by atoms with Crippen molar-refractivity contribution < 1.29 is 15.0 Å². The SMILES string of the molecule is O=C(CCSCCSCCO)CCSCCSCCO. The van der Waals surface area contributed by atoms with Gasteiger partial charge in [0.1, 0.15) is 5.78 Å². The molecule has 0 aliphatic heterocycles. The van der Waals surface area contributed by atoms with Crippen LogP contribution in [0.3, 0.4) is 0 Å². The van der Waals surface area contributed by atoms with Crippen molar-refractivity contribution in [3.8, 4) is 0 Å². The summed E-state index contributed by atoms with van der Waals surface area (Å²) < 4.78 is 0. The van der Waals surface area contributed by atoms with Crippen LogP contribution >= 0.6 is 47.0 Å². The normalized spacial score (nSPS) is 10.9. The molecule has 0 fully saturated rings. The molecule has 0 aromatic carbocycles. The van der Waals surface area contributed by atoms with Crippen LogP contribution in [0.15, 0.2) is 0 Å². The van der Waals surface area contributed by atoms with Crippen molar-refractivity contribution in [1.82, 2.24) is 0 Å². The van der Waals surface area contributed by atoms with Crippen LogP contribution in [0.25, 0.3) is 0 Å². The highest BCUT2D eigenvalue weighted by molar-refractivity contribution is 8.03. The van der Waals surface area contributed by atoms with Crippen molar-refractivity contribution in [2.24, 2.45) is 0 Å². The van der Waals surface area contributed by atoms with Crippen LogP contribution in [0, 0.1) is 0 Å². The lowest BCUT2D eigenvalue weighted by molar-refractivity contribution is -0.118. The first kappa shape index (κ1) is 21.0. The summed E-state index contributed by atoms with van der Waals surface area (Å²) in [6.45, 7) is 0.508. The fourth-order valence-electron chi connectivity index (χ4n) is 1.27. The minimum Gasteiger partial charge on any atom is -0.396 e. The predicted molar refractivity (Wildman–Crippen MR) is 97.7 cm³/mol. The van der Waals surface area contributed by atoms with Crippen molar-refractivity contribution in [2.75, 3.05) is 59.2 Å². The van der Waals surface area contributed by atoms with Crippen LogP contribution < -0.4 is 0 Å². The number of ketones is 1. The quantitative estimate of drug-likeness (QED) is 0.410. The van der Waals surface area contributed by atoms with Crippen LogP contribution in [0.1, 0.15) is 12.8 Å². The molecule has 0 amide bonds. The molecule has 0 heterocycles. The third-order valence-corrected chi connectivity index (χ3v) is 6.68. The first-order valence-corrected chi connectivity index (χ1v) is 11.5. The molecule has 0 aliphatic carbocycles. The van der Waals surface area contributed by atoms with Gasteiger partial charge in [0.25, 0.3) is 0 Å². The Morgan fingerprint density at radius 2 is 0.950 bits per heavy atom. The van der Waals surface area contributed by atoms with E-state index in [0.29, 0.717) is 18.6 Å². The van der Waals surface area contributed by atoms with Gasteiger partial charge in [0.15, 0.2) is 0 Å². The summed E-state index contributed by atoms with van der Waals surface area (Å²) in [6.07, 6.45) is 1.38. The minimum absolute atomic E-state index is 0.254. The standard InChI is InChI=1S/C13H26O3S4/c14-3-7-19-11-9-17-5-1-13(16)2-6-18-10-12-20-8-4-15/h14-15H,1-12H2. The zero-order valence-corrected chi connectivity index (χ0v) is 15.2. The molecule has 7 heteroatoms. The number of carbonyl (C=O) groups excluding carboxylic acids is 1. The lowest BCUT2D eigenvalue weighted by Gasteiger charge is -2.03. The Labute approximate surface area is 139 Å². The molecule has 3 nitrogen and oxygen atoms in total. The second kappa shape index (κ2) is 18.0. The third kappa shape index (κ3) is 17.0. The van der Waals surface area contributed by atoms with E-state index >= 15 is 0 Å². The molecule has 0 bridgehead atoms. The van der Waals surface area contributed by atoms with E-state index in [-0.39, 0.29) is 13.2 Å². The summed E-state index contributed by atoms with van der Waals surface area (Å²) in [5, 5.41) is 17.2. The molecule has 0 aromatic heterocycles. The molecule has 2 N–H and O–H groups in total. The van der Waals surface area contributed by atoms with Crippen molar-refractivity contribution in [3.63, 3.8) is 0 Å². The number of hydrogen-bond donors (Lipinski definition) is 2. The van der Waals surface area contributed by atoms with Gasteiger partial charge in [-0.2, -0.15) is 47.0 Å². The number of rotatable bonds is 16. The average Bonchev–Trinajstić information content (AvgIpc) is 2.45. The number of Topliss-reactive ketones (excluding diaryl/α,β-unsaturated/α-hetero) is 1. The van der Waals surface area contributed by atoms with E-state index in [1.807, 2.05) is 23.5 Å². The van der Waals surface area contributed by atoms with Gasteiger partial charge in [-0.3, -0.25) is 4.79 Å². The zero-order chi connectivity index (χ0) is 14.9. The maximum Gasteiger partial charge on any atom is 0.134 e. The lowest BCUT2D eigenvalue weighted by atomic mass is 10.2. The van der Waals surface area contributed by atoms with Crippen LogP contribution in [0.2, 0.25) is 0 Å². The molecular formula is C13H26O3S4. The topological polar surface area (TPSA) is 57.5 Å². The van der Waals surface area contributed by atoms with Gasteiger partial charge in [0.05, 0.1) is 13.2 Å². The van der Waals surface area contributed by atoms with Gasteiger partial charge >= 0.3 is 0 Å². The molecular weight excluding hydrogens is 332 g/mol. The summed E-state index contributed by atoms with van der Waals surface area (Å²) in [7, 11) is 0. The van der Waals surface area contributed by atoms with E-state index in [1.54, 1.807) is 23.5 Å². The number of carbonyl (C=O) groups is 1. The Morgan fingerprint density at radius 1 is 0.600 bits per heavy atom. The number of aliphatic hydroxyl groups is 2. The Hall–Kier alpha value is 0.990. The number of aliphatic hydroxyl groups excluding tert-OH is 2. The second-order valence-corrected chi connectivity index (χ2v) is 8.83. The Kier molecular flexibility index (Phi) is 18.9. The number of thioether (sulfide) groups is 4. The summed E-state index contributed by atoms with van der Waals surface area (Å²) in [5.41, 5.74) is 0. The number of hydrogen-bond acceptors (Lipinski definition) is 7. The molecule has 0 aliphatic rings. The fourth-order valence-corrected chi connectivity index (χ4v) is 4.97. The highest BCUT2D eigenvalue weighted by Gasteiger charge is 2.02. The van der Waals surface area contributed by atoms with Gasteiger partial charge < -0.3 is 10.2 Å². The van der Waals surface area contributed by atoms with E-state index in [2.05, 4.69) is 0 Å². The fraction of sp³-hybridized carbons (Fsp3) is 0.923. The second-order valence-electron chi connectivity index (χ2n) is 3.94. The summed E-state index contributed by atoms with van der Waals surface area (Å²) in [5.74, 6) is 8.09. The summed E-state index contributed by atoms with van der Waals surface area (Å²) >= 11 is 7.18. The molecule has 20 heavy (non-hydrogen) atoms. The van der Waals surface area contributed by atoms with Crippen molar-refractivity contribution in [2.45, 2.75) is 12.8 Å². The Bertz CT molecular complexity index is 198. The summed E-state index contributed by atoms with van der Waals surface area (Å²) in [4.78, 5) is 11.6. The first-order valence-electron chi connectivity index (χ1n) is 6.85. The molecule has 0 spiro atoms. The monoisotopic (exact) mass is 358 g/mol. The van der Waals surface area contributed by atoms with Gasteiger partial charge in [-0.25, -0.2) is 0 Å². The summed E-state index contributed by atoms with van der Waals surface area (Å²) in [6, 6.07) is 0. The van der Waals surface area contributed by atoms with Gasteiger partial charge in [-0.1, -0.05) is 0 Å².